The summed E-state index contributed by atoms with van der Waals surface area (Å²) in [5.41, 5.74) is 8.34. The number of hydroxylamine groups is 1. The van der Waals surface area contributed by atoms with Crippen LogP contribution in [0.15, 0.2) is 103 Å². The van der Waals surface area contributed by atoms with E-state index in [1.807, 2.05) is 98.9 Å². The van der Waals surface area contributed by atoms with Gasteiger partial charge >= 0.3 is 0 Å². The fourth-order valence-corrected chi connectivity index (χ4v) is 6.65. The number of nitrogens with one attached hydrogen (secondary N) is 2. The van der Waals surface area contributed by atoms with Crippen molar-refractivity contribution in [1.29, 1.82) is 0 Å². The van der Waals surface area contributed by atoms with Crippen molar-refractivity contribution >= 4 is 11.8 Å². The molecule has 5 atom stereocenters. The summed E-state index contributed by atoms with van der Waals surface area (Å²) in [6.45, 7) is 3.04. The van der Waals surface area contributed by atoms with Gasteiger partial charge in [0, 0.05) is 44.0 Å². The second kappa shape index (κ2) is 20.1. The number of aliphatic hydroxyl groups excluding tert-OH is 2. The molecule has 4 aromatic rings. The van der Waals surface area contributed by atoms with Crippen molar-refractivity contribution < 1.29 is 34.5 Å². The number of carbonyl (C=O) groups is 2. The van der Waals surface area contributed by atoms with Crippen LogP contribution >= 0.6 is 0 Å². The molecule has 10 heteroatoms. The van der Waals surface area contributed by atoms with Crippen LogP contribution in [0.5, 0.6) is 0 Å². The molecule has 0 spiro atoms. The Morgan fingerprint density at radius 2 is 1.47 bits per heavy atom. The van der Waals surface area contributed by atoms with Gasteiger partial charge in [0.15, 0.2) is 6.29 Å². The van der Waals surface area contributed by atoms with E-state index in [4.69, 9.17) is 14.7 Å². The highest BCUT2D eigenvalue weighted by Gasteiger charge is 2.34. The lowest BCUT2D eigenvalue weighted by Gasteiger charge is -2.39. The van der Waals surface area contributed by atoms with Crippen LogP contribution in [0.4, 0.5) is 0 Å². The Morgan fingerprint density at radius 3 is 2.15 bits per heavy atom. The van der Waals surface area contributed by atoms with E-state index in [0.29, 0.717) is 32.4 Å². The van der Waals surface area contributed by atoms with Crippen molar-refractivity contribution in [1.82, 2.24) is 15.7 Å². The molecule has 1 heterocycles. The standard InChI is InChI=1S/C43H53N3O7/c1-30(42(50)35-12-6-5-7-13-35)46(2)28-38-26-39(34-19-17-31(29-47)18-20-34)53-43(52-38)36-23-21-33(22-24-36)37-14-10-11-32(25-37)27-44-40(48)15-8-3-4-9-16-41(49)45-51/h5-7,10-14,17-25,30,38-39,42-43,47,50-51H,3-4,8-9,15-16,26-29H2,1-2H3,(H,44,48)(H,45,49). The van der Waals surface area contributed by atoms with E-state index >= 15 is 0 Å². The molecule has 1 aliphatic heterocycles. The van der Waals surface area contributed by atoms with Crippen LogP contribution < -0.4 is 10.8 Å². The summed E-state index contributed by atoms with van der Waals surface area (Å²) >= 11 is 0. The van der Waals surface area contributed by atoms with Gasteiger partial charge in [0.25, 0.3) is 0 Å². The molecule has 1 saturated heterocycles. The highest BCUT2D eigenvalue weighted by atomic mass is 16.7. The van der Waals surface area contributed by atoms with Gasteiger partial charge in [0.2, 0.25) is 11.8 Å². The van der Waals surface area contributed by atoms with Gasteiger partial charge in [-0.3, -0.25) is 19.7 Å². The number of aliphatic hydroxyl groups is 2. The Bertz CT molecular complexity index is 1720. The normalized spacial score (nSPS) is 18.3. The molecule has 1 aliphatic rings. The molecule has 282 valence electrons. The molecule has 1 fully saturated rings. The molecule has 0 aliphatic carbocycles. The molecule has 0 aromatic heterocycles. The van der Waals surface area contributed by atoms with Crippen molar-refractivity contribution in [3.63, 3.8) is 0 Å². The molecule has 10 nitrogen and oxygen atoms in total. The number of rotatable bonds is 18. The first-order valence-electron chi connectivity index (χ1n) is 18.6. The maximum atomic E-state index is 12.4. The molecule has 5 rings (SSSR count). The van der Waals surface area contributed by atoms with E-state index in [0.717, 1.165) is 58.2 Å². The van der Waals surface area contributed by atoms with Crippen molar-refractivity contribution in [2.24, 2.45) is 0 Å². The van der Waals surface area contributed by atoms with Crippen LogP contribution in [-0.4, -0.2) is 57.9 Å². The number of unbranched alkanes of at least 4 members (excludes halogenated alkanes) is 3. The lowest BCUT2D eigenvalue weighted by atomic mass is 9.98. The predicted octanol–water partition coefficient (Wildman–Crippen LogP) is 6.91. The summed E-state index contributed by atoms with van der Waals surface area (Å²) in [5.74, 6) is -0.390. The van der Waals surface area contributed by atoms with Crippen molar-refractivity contribution in [2.45, 2.75) is 95.7 Å². The zero-order chi connectivity index (χ0) is 37.6. The first kappa shape index (κ1) is 39.8. The number of amides is 2. The fourth-order valence-electron chi connectivity index (χ4n) is 6.65. The number of ether oxygens (including phenoxy) is 2. The van der Waals surface area contributed by atoms with Crippen LogP contribution in [-0.2, 0) is 32.2 Å². The Balaban J connectivity index is 1.21. The van der Waals surface area contributed by atoms with Gasteiger partial charge in [-0.05, 0) is 66.3 Å². The number of hydrogen-bond acceptors (Lipinski definition) is 8. The van der Waals surface area contributed by atoms with E-state index in [2.05, 4.69) is 28.4 Å². The summed E-state index contributed by atoms with van der Waals surface area (Å²) in [5, 5.41) is 32.3. The SMILES string of the molecule is CC(C(O)c1ccccc1)N(C)CC1CC(c2ccc(CO)cc2)OC(c2ccc(-c3cccc(CNC(=O)CCCCCCC(=O)NO)c3)cc2)O1. The molecule has 0 saturated carbocycles. The molecule has 0 bridgehead atoms. The Hall–Kier alpha value is -4.42. The monoisotopic (exact) mass is 723 g/mol. The molecule has 5 unspecified atom stereocenters. The van der Waals surface area contributed by atoms with E-state index in [-0.39, 0.29) is 43.1 Å². The Morgan fingerprint density at radius 1 is 0.792 bits per heavy atom. The van der Waals surface area contributed by atoms with Crippen LogP contribution in [0.1, 0.15) is 98.2 Å². The second-order valence-corrected chi connectivity index (χ2v) is 13.9. The van der Waals surface area contributed by atoms with Crippen LogP contribution in [0.25, 0.3) is 11.1 Å². The third-order valence-corrected chi connectivity index (χ3v) is 10.0. The van der Waals surface area contributed by atoms with Crippen LogP contribution in [0, 0.1) is 0 Å². The quantitative estimate of drug-likeness (QED) is 0.0424. The summed E-state index contributed by atoms with van der Waals surface area (Å²) in [7, 11) is 2.01. The van der Waals surface area contributed by atoms with E-state index in [9.17, 15) is 19.8 Å². The minimum Gasteiger partial charge on any atom is -0.392 e. The maximum absolute atomic E-state index is 12.4. The number of carbonyl (C=O) groups excluding carboxylic acids is 2. The van der Waals surface area contributed by atoms with Gasteiger partial charge in [-0.2, -0.15) is 0 Å². The van der Waals surface area contributed by atoms with Gasteiger partial charge in [0.1, 0.15) is 0 Å². The third-order valence-electron chi connectivity index (χ3n) is 10.0. The first-order chi connectivity index (χ1) is 25.7. The van der Waals surface area contributed by atoms with Crippen LogP contribution in [0.2, 0.25) is 0 Å². The maximum Gasteiger partial charge on any atom is 0.243 e. The number of benzene rings is 4. The molecule has 4 aromatic carbocycles. The van der Waals surface area contributed by atoms with Crippen molar-refractivity contribution in [3.8, 4) is 11.1 Å². The lowest BCUT2D eigenvalue weighted by Crippen LogP contribution is -2.43. The minimum absolute atomic E-state index is 0.00527. The Labute approximate surface area is 312 Å². The zero-order valence-electron chi connectivity index (χ0n) is 30.7. The van der Waals surface area contributed by atoms with Crippen molar-refractivity contribution in [3.05, 3.63) is 131 Å². The second-order valence-electron chi connectivity index (χ2n) is 13.9. The van der Waals surface area contributed by atoms with E-state index in [1.54, 1.807) is 5.48 Å². The molecule has 53 heavy (non-hydrogen) atoms. The smallest absolute Gasteiger partial charge is 0.243 e. The van der Waals surface area contributed by atoms with Gasteiger partial charge in [-0.25, -0.2) is 5.48 Å². The number of likely N-dealkylation sites (N-methyl/N-ethyl adjacent to an activating group) is 1. The summed E-state index contributed by atoms with van der Waals surface area (Å²) in [6.07, 6.45) is 2.83. The largest absolute Gasteiger partial charge is 0.392 e. The Kier molecular flexibility index (Phi) is 15.1. The highest BCUT2D eigenvalue weighted by Crippen LogP contribution is 2.39. The zero-order valence-corrected chi connectivity index (χ0v) is 30.7. The number of nitrogens with zero attached hydrogens (tertiary/aromatic N) is 1. The molecule has 2 amide bonds. The molecule has 5 N–H and O–H groups in total. The molecule has 0 radical (unpaired) electrons. The first-order valence-corrected chi connectivity index (χ1v) is 18.6. The van der Waals surface area contributed by atoms with Crippen LogP contribution in [0.3, 0.4) is 0 Å². The third kappa shape index (κ3) is 11.8. The highest BCUT2D eigenvalue weighted by molar-refractivity contribution is 5.76. The van der Waals surface area contributed by atoms with Gasteiger partial charge in [-0.15, -0.1) is 0 Å². The summed E-state index contributed by atoms with van der Waals surface area (Å²) < 4.78 is 13.2. The van der Waals surface area contributed by atoms with Gasteiger partial charge in [0.05, 0.1) is 24.9 Å². The molecular formula is C43H53N3O7. The minimum atomic E-state index is -0.641. The average molecular weight is 724 g/mol. The molecular weight excluding hydrogens is 670 g/mol. The predicted molar refractivity (Wildman–Crippen MR) is 203 cm³/mol. The average Bonchev–Trinajstić information content (AvgIpc) is 3.21. The fraction of sp³-hybridized carbons (Fsp3) is 0.395. The number of hydrogen-bond donors (Lipinski definition) is 5. The van der Waals surface area contributed by atoms with Gasteiger partial charge in [-0.1, -0.05) is 110 Å². The van der Waals surface area contributed by atoms with E-state index < -0.39 is 12.4 Å². The topological polar surface area (TPSA) is 141 Å². The van der Waals surface area contributed by atoms with Gasteiger partial charge < -0.3 is 25.0 Å². The van der Waals surface area contributed by atoms with Crippen molar-refractivity contribution in [2.75, 3.05) is 13.6 Å². The van der Waals surface area contributed by atoms with E-state index in [1.165, 1.54) is 0 Å². The lowest BCUT2D eigenvalue weighted by molar-refractivity contribution is -0.253. The summed E-state index contributed by atoms with van der Waals surface area (Å²) in [4.78, 5) is 25.7. The summed E-state index contributed by atoms with van der Waals surface area (Å²) in [6, 6.07) is 33.7.